The maximum atomic E-state index is 5.37. The summed E-state index contributed by atoms with van der Waals surface area (Å²) in [6.07, 6.45) is 3.68. The lowest BCUT2D eigenvalue weighted by Gasteiger charge is -2.18. The number of aromatic nitrogens is 1. The Kier molecular flexibility index (Phi) is 3.82. The quantitative estimate of drug-likeness (QED) is 0.890. The summed E-state index contributed by atoms with van der Waals surface area (Å²) in [7, 11) is 1.69. The molecule has 0 aliphatic carbocycles. The number of benzene rings is 1. The van der Waals surface area contributed by atoms with E-state index in [1.54, 1.807) is 7.11 Å². The van der Waals surface area contributed by atoms with Crippen LogP contribution in [0.25, 0.3) is 0 Å². The third kappa shape index (κ3) is 2.80. The van der Waals surface area contributed by atoms with Gasteiger partial charge in [0.05, 0.1) is 18.8 Å². The molecule has 3 heteroatoms. The highest BCUT2D eigenvalue weighted by atomic mass is 16.5. The number of nitrogens with zero attached hydrogens (tertiary/aromatic N) is 1. The molecule has 2 aromatic rings. The smallest absolute Gasteiger partial charge is 0.124 e. The molecule has 0 radical (unpaired) electrons. The van der Waals surface area contributed by atoms with E-state index in [1.807, 2.05) is 37.5 Å². The molecule has 94 valence electrons. The van der Waals surface area contributed by atoms with Gasteiger partial charge in [-0.15, -0.1) is 0 Å². The minimum absolute atomic E-state index is 0.171. The van der Waals surface area contributed by atoms with Crippen molar-refractivity contribution in [2.24, 2.45) is 0 Å². The van der Waals surface area contributed by atoms with Gasteiger partial charge in [0.1, 0.15) is 5.75 Å². The van der Waals surface area contributed by atoms with E-state index in [4.69, 9.17) is 4.74 Å². The molecule has 0 bridgehead atoms. The molecule has 0 saturated heterocycles. The fraction of sp³-hybridized carbons (Fsp3) is 0.267. The standard InChI is InChI=1S/C15H18N2O/c1-11-8-13(10-16-9-11)17-12(2)14-6-4-5-7-15(14)18-3/h4-10,12,17H,1-3H3. The van der Waals surface area contributed by atoms with E-state index in [-0.39, 0.29) is 6.04 Å². The molecule has 1 heterocycles. The van der Waals surface area contributed by atoms with Crippen molar-refractivity contribution >= 4 is 5.69 Å². The molecule has 0 aliphatic rings. The van der Waals surface area contributed by atoms with E-state index in [1.165, 1.54) is 0 Å². The lowest BCUT2D eigenvalue weighted by molar-refractivity contribution is 0.408. The molecule has 3 nitrogen and oxygen atoms in total. The van der Waals surface area contributed by atoms with Crippen LogP contribution in [-0.4, -0.2) is 12.1 Å². The summed E-state index contributed by atoms with van der Waals surface area (Å²) in [5.74, 6) is 0.901. The van der Waals surface area contributed by atoms with Crippen LogP contribution in [0.5, 0.6) is 5.75 Å². The number of rotatable bonds is 4. The third-order valence-electron chi connectivity index (χ3n) is 2.86. The lowest BCUT2D eigenvalue weighted by atomic mass is 10.1. The Bertz CT molecular complexity index is 525. The van der Waals surface area contributed by atoms with Crippen molar-refractivity contribution in [1.82, 2.24) is 4.98 Å². The molecular formula is C15H18N2O. The number of pyridine rings is 1. The van der Waals surface area contributed by atoms with Crippen molar-refractivity contribution in [1.29, 1.82) is 0 Å². The van der Waals surface area contributed by atoms with Gasteiger partial charge < -0.3 is 10.1 Å². The van der Waals surface area contributed by atoms with Crippen LogP contribution in [0.3, 0.4) is 0 Å². The van der Waals surface area contributed by atoms with Crippen molar-refractivity contribution in [3.05, 3.63) is 53.9 Å². The first kappa shape index (κ1) is 12.4. The second-order valence-corrected chi connectivity index (χ2v) is 4.36. The average Bonchev–Trinajstić information content (AvgIpc) is 2.38. The molecule has 1 N–H and O–H groups in total. The number of hydrogen-bond donors (Lipinski definition) is 1. The lowest BCUT2D eigenvalue weighted by Crippen LogP contribution is -2.08. The summed E-state index contributed by atoms with van der Waals surface area (Å²) in [6.45, 7) is 4.14. The maximum absolute atomic E-state index is 5.37. The zero-order valence-corrected chi connectivity index (χ0v) is 11.0. The summed E-state index contributed by atoms with van der Waals surface area (Å²) >= 11 is 0. The van der Waals surface area contributed by atoms with Crippen molar-refractivity contribution in [2.45, 2.75) is 19.9 Å². The van der Waals surface area contributed by atoms with Crippen molar-refractivity contribution in [2.75, 3.05) is 12.4 Å². The van der Waals surface area contributed by atoms with Crippen LogP contribution in [0.15, 0.2) is 42.7 Å². The SMILES string of the molecule is COc1ccccc1C(C)Nc1cncc(C)c1. The van der Waals surface area contributed by atoms with Gasteiger partial charge >= 0.3 is 0 Å². The minimum atomic E-state index is 0.171. The molecule has 0 spiro atoms. The summed E-state index contributed by atoms with van der Waals surface area (Å²) in [5, 5.41) is 3.43. The molecule has 2 rings (SSSR count). The van der Waals surface area contributed by atoms with Crippen LogP contribution in [-0.2, 0) is 0 Å². The van der Waals surface area contributed by atoms with Crippen molar-refractivity contribution in [3.63, 3.8) is 0 Å². The van der Waals surface area contributed by atoms with Gasteiger partial charge in [-0.3, -0.25) is 4.98 Å². The average molecular weight is 242 g/mol. The Morgan fingerprint density at radius 3 is 2.72 bits per heavy atom. The molecule has 1 unspecified atom stereocenters. The van der Waals surface area contributed by atoms with Crippen molar-refractivity contribution < 1.29 is 4.74 Å². The highest BCUT2D eigenvalue weighted by Crippen LogP contribution is 2.27. The third-order valence-corrected chi connectivity index (χ3v) is 2.86. The summed E-state index contributed by atoms with van der Waals surface area (Å²) in [5.41, 5.74) is 3.31. The number of ether oxygens (including phenoxy) is 1. The van der Waals surface area contributed by atoms with Crippen molar-refractivity contribution in [3.8, 4) is 5.75 Å². The second kappa shape index (κ2) is 5.54. The topological polar surface area (TPSA) is 34.1 Å². The number of methoxy groups -OCH3 is 1. The zero-order chi connectivity index (χ0) is 13.0. The molecule has 1 aromatic carbocycles. The Labute approximate surface area is 108 Å². The monoisotopic (exact) mass is 242 g/mol. The first-order valence-electron chi connectivity index (χ1n) is 6.02. The van der Waals surface area contributed by atoms with E-state index >= 15 is 0 Å². The van der Waals surface area contributed by atoms with Crippen LogP contribution in [0.2, 0.25) is 0 Å². The van der Waals surface area contributed by atoms with E-state index in [9.17, 15) is 0 Å². The predicted molar refractivity (Wildman–Crippen MR) is 74.0 cm³/mol. The van der Waals surface area contributed by atoms with Gasteiger partial charge in [0.2, 0.25) is 0 Å². The summed E-state index contributed by atoms with van der Waals surface area (Å²) in [6, 6.07) is 10.3. The van der Waals surface area contributed by atoms with Gasteiger partial charge in [-0.05, 0) is 31.5 Å². The predicted octanol–water partition coefficient (Wildman–Crippen LogP) is 3.57. The molecule has 18 heavy (non-hydrogen) atoms. The number of hydrogen-bond acceptors (Lipinski definition) is 3. The Morgan fingerprint density at radius 2 is 2.00 bits per heavy atom. The molecule has 1 aromatic heterocycles. The van der Waals surface area contributed by atoms with Gasteiger partial charge in [-0.2, -0.15) is 0 Å². The van der Waals surface area contributed by atoms with E-state index < -0.39 is 0 Å². The fourth-order valence-electron chi connectivity index (χ4n) is 1.99. The first-order chi connectivity index (χ1) is 8.70. The molecule has 0 saturated carbocycles. The molecular weight excluding hydrogens is 224 g/mol. The van der Waals surface area contributed by atoms with Gasteiger partial charge in [0.25, 0.3) is 0 Å². The van der Waals surface area contributed by atoms with Crippen LogP contribution >= 0.6 is 0 Å². The van der Waals surface area contributed by atoms with Gasteiger partial charge in [-0.1, -0.05) is 18.2 Å². The first-order valence-corrected chi connectivity index (χ1v) is 6.02. The minimum Gasteiger partial charge on any atom is -0.496 e. The van der Waals surface area contributed by atoms with Gasteiger partial charge in [0.15, 0.2) is 0 Å². The van der Waals surface area contributed by atoms with Gasteiger partial charge in [-0.25, -0.2) is 0 Å². The highest BCUT2D eigenvalue weighted by Gasteiger charge is 2.10. The fourth-order valence-corrected chi connectivity index (χ4v) is 1.99. The van der Waals surface area contributed by atoms with Gasteiger partial charge in [0, 0.05) is 18.0 Å². The second-order valence-electron chi connectivity index (χ2n) is 4.36. The van der Waals surface area contributed by atoms with Crippen LogP contribution < -0.4 is 10.1 Å². The van der Waals surface area contributed by atoms with E-state index in [0.29, 0.717) is 0 Å². The van der Waals surface area contributed by atoms with E-state index in [2.05, 4.69) is 29.4 Å². The zero-order valence-electron chi connectivity index (χ0n) is 11.0. The molecule has 1 atom stereocenters. The molecule has 0 aliphatic heterocycles. The number of para-hydroxylation sites is 1. The largest absolute Gasteiger partial charge is 0.496 e. The highest BCUT2D eigenvalue weighted by molar-refractivity contribution is 5.47. The Hall–Kier alpha value is -2.03. The maximum Gasteiger partial charge on any atom is 0.124 e. The molecule has 0 fully saturated rings. The van der Waals surface area contributed by atoms with Crippen LogP contribution in [0.4, 0.5) is 5.69 Å². The summed E-state index contributed by atoms with van der Waals surface area (Å²) in [4.78, 5) is 4.18. The normalized spacial score (nSPS) is 11.9. The molecule has 0 amide bonds. The summed E-state index contributed by atoms with van der Waals surface area (Å²) < 4.78 is 5.37. The number of nitrogens with one attached hydrogen (secondary N) is 1. The van der Waals surface area contributed by atoms with Crippen LogP contribution in [0.1, 0.15) is 24.1 Å². The van der Waals surface area contributed by atoms with E-state index in [0.717, 1.165) is 22.6 Å². The number of anilines is 1. The number of aryl methyl sites for hydroxylation is 1. The Balaban J connectivity index is 2.19. The van der Waals surface area contributed by atoms with Crippen LogP contribution in [0, 0.1) is 6.92 Å². The Morgan fingerprint density at radius 1 is 1.22 bits per heavy atom.